The van der Waals surface area contributed by atoms with E-state index in [2.05, 4.69) is 38.2 Å². The van der Waals surface area contributed by atoms with Gasteiger partial charge in [0.05, 0.1) is 0 Å². The van der Waals surface area contributed by atoms with Crippen LogP contribution in [0.25, 0.3) is 0 Å². The van der Waals surface area contributed by atoms with Gasteiger partial charge in [0.1, 0.15) is 0 Å². The highest BCUT2D eigenvalue weighted by Gasteiger charge is 2.29. The van der Waals surface area contributed by atoms with Crippen LogP contribution in [0.5, 0.6) is 0 Å². The topological polar surface area (TPSA) is 52.7 Å². The minimum absolute atomic E-state index is 0.0593. The number of piperidine rings is 1. The van der Waals surface area contributed by atoms with Gasteiger partial charge in [0, 0.05) is 38.5 Å². The minimum atomic E-state index is 0.0593. The Morgan fingerprint density at radius 3 is 2.27 bits per heavy atom. The molecule has 2 aliphatic rings. The van der Waals surface area contributed by atoms with Gasteiger partial charge >= 0.3 is 0 Å². The first-order chi connectivity index (χ1) is 12.3. The van der Waals surface area contributed by atoms with E-state index in [9.17, 15) is 9.59 Å². The Morgan fingerprint density at radius 2 is 1.69 bits per heavy atom. The first kappa shape index (κ1) is 21.2. The van der Waals surface area contributed by atoms with Crippen LogP contribution in [0.1, 0.15) is 65.2 Å². The molecule has 5 heteroatoms. The van der Waals surface area contributed by atoms with Gasteiger partial charge in [-0.15, -0.1) is 0 Å². The third-order valence-electron chi connectivity index (χ3n) is 5.95. The minimum Gasteiger partial charge on any atom is -0.355 e. The van der Waals surface area contributed by atoms with Gasteiger partial charge in [-0.25, -0.2) is 0 Å². The predicted octanol–water partition coefficient (Wildman–Crippen LogP) is 2.90. The molecular formula is C21H39N3O2. The van der Waals surface area contributed by atoms with E-state index in [0.29, 0.717) is 18.9 Å². The van der Waals surface area contributed by atoms with Crippen LogP contribution in [-0.4, -0.2) is 61.9 Å². The van der Waals surface area contributed by atoms with Crippen molar-refractivity contribution in [2.75, 3.05) is 40.3 Å². The lowest BCUT2D eigenvalue weighted by molar-refractivity contribution is -0.136. The molecule has 2 rings (SSSR count). The average Bonchev–Trinajstić information content (AvgIpc) is 3.10. The van der Waals surface area contributed by atoms with E-state index >= 15 is 0 Å². The molecular weight excluding hydrogens is 326 g/mol. The van der Waals surface area contributed by atoms with Crippen LogP contribution in [0.3, 0.4) is 0 Å². The van der Waals surface area contributed by atoms with Crippen molar-refractivity contribution >= 4 is 11.8 Å². The molecule has 5 nitrogen and oxygen atoms in total. The van der Waals surface area contributed by atoms with Crippen LogP contribution in [0.4, 0.5) is 0 Å². The summed E-state index contributed by atoms with van der Waals surface area (Å²) in [7, 11) is 4.12. The quantitative estimate of drug-likeness (QED) is 0.719. The van der Waals surface area contributed by atoms with Crippen LogP contribution >= 0.6 is 0 Å². The van der Waals surface area contributed by atoms with Gasteiger partial charge in [0.15, 0.2) is 0 Å². The summed E-state index contributed by atoms with van der Waals surface area (Å²) in [6.07, 6.45) is 8.64. The number of amides is 2. The fourth-order valence-corrected chi connectivity index (χ4v) is 4.56. The zero-order valence-electron chi connectivity index (χ0n) is 17.4. The molecule has 2 amide bonds. The van der Waals surface area contributed by atoms with E-state index in [-0.39, 0.29) is 17.2 Å². The van der Waals surface area contributed by atoms with E-state index in [1.807, 2.05) is 4.90 Å². The molecule has 0 spiro atoms. The molecule has 1 heterocycles. The van der Waals surface area contributed by atoms with Crippen molar-refractivity contribution in [2.45, 2.75) is 65.2 Å². The highest BCUT2D eigenvalue weighted by molar-refractivity contribution is 5.80. The van der Waals surface area contributed by atoms with Gasteiger partial charge in [-0.05, 0) is 44.7 Å². The maximum atomic E-state index is 12.5. The molecule has 150 valence electrons. The molecule has 26 heavy (non-hydrogen) atoms. The number of hydrogen-bond donors (Lipinski definition) is 1. The van der Waals surface area contributed by atoms with Crippen molar-refractivity contribution < 1.29 is 9.59 Å². The maximum absolute atomic E-state index is 12.5. The highest BCUT2D eigenvalue weighted by atomic mass is 16.2. The lowest BCUT2D eigenvalue weighted by Crippen LogP contribution is -2.46. The second-order valence-electron chi connectivity index (χ2n) is 9.46. The highest BCUT2D eigenvalue weighted by Crippen LogP contribution is 2.29. The van der Waals surface area contributed by atoms with Crippen molar-refractivity contribution in [3.63, 3.8) is 0 Å². The summed E-state index contributed by atoms with van der Waals surface area (Å²) in [5.74, 6) is 1.29. The molecule has 1 aliphatic heterocycles. The molecule has 1 saturated carbocycles. The Balaban J connectivity index is 1.66. The second-order valence-corrected chi connectivity index (χ2v) is 9.46. The number of rotatable bonds is 8. The number of carbonyl (C=O) groups is 2. The fraction of sp³-hybridized carbons (Fsp3) is 0.905. The first-order valence-electron chi connectivity index (χ1n) is 10.5. The van der Waals surface area contributed by atoms with Crippen LogP contribution in [-0.2, 0) is 9.59 Å². The van der Waals surface area contributed by atoms with Crippen LogP contribution in [0.15, 0.2) is 0 Å². The molecule has 1 saturated heterocycles. The van der Waals surface area contributed by atoms with Crippen LogP contribution in [0.2, 0.25) is 0 Å². The van der Waals surface area contributed by atoms with E-state index in [1.165, 1.54) is 25.7 Å². The SMILES string of the molecule is CN(C)CC(C)(C)CNC(=O)C1CCN(C(=O)CCC2CCCC2)CC1. The lowest BCUT2D eigenvalue weighted by Gasteiger charge is -2.33. The molecule has 0 aromatic carbocycles. The summed E-state index contributed by atoms with van der Waals surface area (Å²) >= 11 is 0. The van der Waals surface area contributed by atoms with E-state index < -0.39 is 0 Å². The smallest absolute Gasteiger partial charge is 0.223 e. The number of carbonyl (C=O) groups excluding carboxylic acids is 2. The van der Waals surface area contributed by atoms with Crippen molar-refractivity contribution in [2.24, 2.45) is 17.3 Å². The average molecular weight is 366 g/mol. The predicted molar refractivity (Wildman–Crippen MR) is 106 cm³/mol. The van der Waals surface area contributed by atoms with Gasteiger partial charge in [0.25, 0.3) is 0 Å². The normalized spacial score (nSPS) is 20.0. The van der Waals surface area contributed by atoms with Crippen molar-refractivity contribution in [3.05, 3.63) is 0 Å². The zero-order valence-corrected chi connectivity index (χ0v) is 17.4. The van der Waals surface area contributed by atoms with Crippen molar-refractivity contribution in [1.29, 1.82) is 0 Å². The van der Waals surface area contributed by atoms with E-state index in [1.54, 1.807) is 0 Å². The largest absolute Gasteiger partial charge is 0.355 e. The molecule has 0 bridgehead atoms. The van der Waals surface area contributed by atoms with Gasteiger partial charge in [-0.3, -0.25) is 9.59 Å². The number of likely N-dealkylation sites (tertiary alicyclic amines) is 1. The lowest BCUT2D eigenvalue weighted by atomic mass is 9.91. The number of nitrogens with one attached hydrogen (secondary N) is 1. The Kier molecular flexibility index (Phi) is 7.93. The summed E-state index contributed by atoms with van der Waals surface area (Å²) in [6, 6.07) is 0. The number of hydrogen-bond acceptors (Lipinski definition) is 3. The summed E-state index contributed by atoms with van der Waals surface area (Å²) in [4.78, 5) is 29.0. The molecule has 0 aromatic rings. The Hall–Kier alpha value is -1.10. The molecule has 0 aromatic heterocycles. The van der Waals surface area contributed by atoms with Gasteiger partial charge in [-0.1, -0.05) is 39.5 Å². The third kappa shape index (κ3) is 6.90. The van der Waals surface area contributed by atoms with Crippen LogP contribution in [0, 0.1) is 17.3 Å². The Morgan fingerprint density at radius 1 is 1.08 bits per heavy atom. The van der Waals surface area contributed by atoms with E-state index in [0.717, 1.165) is 44.8 Å². The summed E-state index contributed by atoms with van der Waals surface area (Å²) in [5.41, 5.74) is 0.0655. The number of nitrogens with zero attached hydrogens (tertiary/aromatic N) is 2. The first-order valence-corrected chi connectivity index (χ1v) is 10.5. The molecule has 1 aliphatic carbocycles. The van der Waals surface area contributed by atoms with Gasteiger partial charge in [0.2, 0.25) is 11.8 Å². The van der Waals surface area contributed by atoms with Crippen LogP contribution < -0.4 is 5.32 Å². The van der Waals surface area contributed by atoms with E-state index in [4.69, 9.17) is 0 Å². The molecule has 0 unspecified atom stereocenters. The van der Waals surface area contributed by atoms with Gasteiger partial charge in [-0.2, -0.15) is 0 Å². The molecule has 2 fully saturated rings. The Labute approximate surface area is 159 Å². The molecule has 0 radical (unpaired) electrons. The van der Waals surface area contributed by atoms with Crippen molar-refractivity contribution in [1.82, 2.24) is 15.1 Å². The Bertz CT molecular complexity index is 462. The summed E-state index contributed by atoms with van der Waals surface area (Å²) in [5, 5.41) is 3.14. The summed E-state index contributed by atoms with van der Waals surface area (Å²) < 4.78 is 0. The fourth-order valence-electron chi connectivity index (χ4n) is 4.56. The standard InChI is InChI=1S/C21H39N3O2/c1-21(2,16-23(3)4)15-22-20(26)18-11-13-24(14-12-18)19(25)10-9-17-7-5-6-8-17/h17-18H,5-16H2,1-4H3,(H,22,26). The van der Waals surface area contributed by atoms with Crippen molar-refractivity contribution in [3.8, 4) is 0 Å². The monoisotopic (exact) mass is 365 g/mol. The second kappa shape index (κ2) is 9.72. The zero-order chi connectivity index (χ0) is 19.2. The molecule has 1 N–H and O–H groups in total. The van der Waals surface area contributed by atoms with Gasteiger partial charge < -0.3 is 15.1 Å². The molecule has 0 atom stereocenters. The third-order valence-corrected chi connectivity index (χ3v) is 5.95. The maximum Gasteiger partial charge on any atom is 0.223 e. The summed E-state index contributed by atoms with van der Waals surface area (Å²) in [6.45, 7) is 7.48.